The molecule has 1 unspecified atom stereocenters. The second-order valence-electron chi connectivity index (χ2n) is 6.50. The molecule has 1 atom stereocenters. The molecule has 2 aliphatic rings. The van der Waals surface area contributed by atoms with E-state index in [0.717, 1.165) is 44.3 Å². The fourth-order valence-electron chi connectivity index (χ4n) is 3.43. The maximum absolute atomic E-state index is 12.5. The second kappa shape index (κ2) is 7.85. The van der Waals surface area contributed by atoms with Gasteiger partial charge in [-0.2, -0.15) is 0 Å². The summed E-state index contributed by atoms with van der Waals surface area (Å²) in [6.07, 6.45) is 4.06. The summed E-state index contributed by atoms with van der Waals surface area (Å²) in [5.41, 5.74) is 2.40. The van der Waals surface area contributed by atoms with Crippen molar-refractivity contribution in [3.63, 3.8) is 0 Å². The van der Waals surface area contributed by atoms with Crippen LogP contribution in [0.5, 0.6) is 0 Å². The molecule has 1 aromatic rings. The van der Waals surface area contributed by atoms with Crippen LogP contribution in [-0.4, -0.2) is 51.2 Å². The van der Waals surface area contributed by atoms with Crippen LogP contribution in [-0.2, 0) is 27.5 Å². The number of hydrogen-bond donors (Lipinski definition) is 1. The number of nitrogens with one attached hydrogen (secondary N) is 1. The van der Waals surface area contributed by atoms with E-state index in [1.165, 1.54) is 5.56 Å². The number of amides is 1. The lowest BCUT2D eigenvalue weighted by Crippen LogP contribution is -2.39. The van der Waals surface area contributed by atoms with Crippen LogP contribution in [0.15, 0.2) is 23.1 Å². The number of carbonyl (C=O) groups excluding carboxylic acids is 1. The van der Waals surface area contributed by atoms with Gasteiger partial charge in [-0.05, 0) is 55.5 Å². The number of rotatable bonds is 5. The number of likely N-dealkylation sites (N-methyl/N-ethyl adjacent to an activating group) is 1. The normalized spacial score (nSPS) is 19.6. The van der Waals surface area contributed by atoms with Gasteiger partial charge in [-0.1, -0.05) is 6.07 Å². The molecule has 1 amide bonds. The Bertz CT molecular complexity index is 700. The average Bonchev–Trinajstić information content (AvgIpc) is 3.22. The van der Waals surface area contributed by atoms with Crippen molar-refractivity contribution in [1.29, 1.82) is 0 Å². The smallest absolute Gasteiger partial charge is 0.223 e. The van der Waals surface area contributed by atoms with Crippen LogP contribution in [0.3, 0.4) is 0 Å². The summed E-state index contributed by atoms with van der Waals surface area (Å²) in [6, 6.07) is 5.60. The molecule has 1 heterocycles. The number of halogens is 1. The Hall–Kier alpha value is -1.11. The Balaban J connectivity index is 0.00000208. The van der Waals surface area contributed by atoms with E-state index in [-0.39, 0.29) is 36.5 Å². The molecule has 1 N–H and O–H groups in total. The number of benzene rings is 1. The van der Waals surface area contributed by atoms with Crippen molar-refractivity contribution in [3.8, 4) is 0 Å². The van der Waals surface area contributed by atoms with E-state index in [1.54, 1.807) is 24.1 Å². The summed E-state index contributed by atoms with van der Waals surface area (Å²) >= 11 is 0. The molecule has 1 saturated heterocycles. The Morgan fingerprint density at radius 1 is 1.29 bits per heavy atom. The Kier molecular flexibility index (Phi) is 6.28. The minimum atomic E-state index is -3.40. The minimum absolute atomic E-state index is 0. The number of sulfone groups is 1. The minimum Gasteiger partial charge on any atom is -0.341 e. The maximum Gasteiger partial charge on any atom is 0.223 e. The molecular weight excluding hydrogens is 348 g/mol. The van der Waals surface area contributed by atoms with Crippen molar-refractivity contribution in [2.24, 2.45) is 0 Å². The maximum atomic E-state index is 12.5. The molecule has 0 bridgehead atoms. The van der Waals surface area contributed by atoms with Gasteiger partial charge >= 0.3 is 0 Å². The molecule has 0 saturated carbocycles. The van der Waals surface area contributed by atoms with Crippen LogP contribution in [0.2, 0.25) is 0 Å². The lowest BCUT2D eigenvalue weighted by Gasteiger charge is -2.23. The van der Waals surface area contributed by atoms with E-state index in [1.807, 2.05) is 6.07 Å². The molecular formula is C17H25ClN2O3S. The first-order valence-electron chi connectivity index (χ1n) is 8.28. The molecule has 0 radical (unpaired) electrons. The molecule has 134 valence electrons. The van der Waals surface area contributed by atoms with Gasteiger partial charge in [0.1, 0.15) is 0 Å². The van der Waals surface area contributed by atoms with E-state index >= 15 is 0 Å². The molecule has 1 aliphatic carbocycles. The highest BCUT2D eigenvalue weighted by Gasteiger charge is 2.25. The van der Waals surface area contributed by atoms with Gasteiger partial charge in [-0.25, -0.2) is 8.42 Å². The van der Waals surface area contributed by atoms with Crippen LogP contribution in [0.25, 0.3) is 0 Å². The second-order valence-corrected chi connectivity index (χ2v) is 8.61. The van der Waals surface area contributed by atoms with E-state index in [0.29, 0.717) is 4.90 Å². The van der Waals surface area contributed by atoms with Gasteiger partial charge < -0.3 is 10.2 Å². The number of nitrogens with zero attached hydrogens (tertiary/aromatic N) is 1. The molecule has 0 spiro atoms. The highest BCUT2D eigenvalue weighted by atomic mass is 35.5. The summed E-state index contributed by atoms with van der Waals surface area (Å²) in [7, 11) is -1.63. The van der Waals surface area contributed by atoms with E-state index in [9.17, 15) is 13.2 Å². The Morgan fingerprint density at radius 3 is 2.75 bits per heavy atom. The zero-order valence-electron chi connectivity index (χ0n) is 14.0. The van der Waals surface area contributed by atoms with E-state index < -0.39 is 9.84 Å². The topological polar surface area (TPSA) is 66.5 Å². The average molecular weight is 373 g/mol. The third-order valence-electron chi connectivity index (χ3n) is 4.99. The van der Waals surface area contributed by atoms with Crippen molar-refractivity contribution < 1.29 is 13.2 Å². The summed E-state index contributed by atoms with van der Waals surface area (Å²) in [4.78, 5) is 14.3. The molecule has 1 aromatic carbocycles. The molecule has 24 heavy (non-hydrogen) atoms. The Labute approximate surface area is 150 Å². The van der Waals surface area contributed by atoms with Gasteiger partial charge in [-0.15, -0.1) is 12.4 Å². The SMILES string of the molecule is CN(C(=O)CCS(=O)(=O)c1ccc2c(c1)CCC2)C1CCNC1.Cl. The number of fused-ring (bicyclic) bond motifs is 1. The monoisotopic (exact) mass is 372 g/mol. The van der Waals surface area contributed by atoms with Crippen molar-refractivity contribution in [1.82, 2.24) is 10.2 Å². The molecule has 1 aliphatic heterocycles. The number of carbonyl (C=O) groups is 1. The van der Waals surface area contributed by atoms with Crippen molar-refractivity contribution in [2.45, 2.75) is 43.0 Å². The molecule has 1 fully saturated rings. The summed E-state index contributed by atoms with van der Waals surface area (Å²) in [5.74, 6) is -0.210. The van der Waals surface area contributed by atoms with Crippen molar-refractivity contribution in [2.75, 3.05) is 25.9 Å². The van der Waals surface area contributed by atoms with Crippen LogP contribution in [0, 0.1) is 0 Å². The lowest BCUT2D eigenvalue weighted by molar-refractivity contribution is -0.131. The molecule has 7 heteroatoms. The standard InChI is InChI=1S/C17H24N2O3S.ClH/c1-19(15-7-9-18-12-15)17(20)8-10-23(21,22)16-6-5-13-3-2-4-14(13)11-16;/h5-6,11,15,18H,2-4,7-10,12H2,1H3;1H. The predicted octanol–water partition coefficient (Wildman–Crippen LogP) is 1.58. The number of aryl methyl sites for hydroxylation is 2. The predicted molar refractivity (Wildman–Crippen MR) is 96.4 cm³/mol. The number of hydrogen-bond acceptors (Lipinski definition) is 4. The lowest BCUT2D eigenvalue weighted by atomic mass is 10.1. The largest absolute Gasteiger partial charge is 0.341 e. The van der Waals surface area contributed by atoms with Crippen molar-refractivity contribution in [3.05, 3.63) is 29.3 Å². The van der Waals surface area contributed by atoms with Crippen LogP contribution >= 0.6 is 12.4 Å². The van der Waals surface area contributed by atoms with Crippen molar-refractivity contribution >= 4 is 28.2 Å². The third-order valence-corrected chi connectivity index (χ3v) is 6.70. The van der Waals surface area contributed by atoms with E-state index in [4.69, 9.17) is 0 Å². The third kappa shape index (κ3) is 4.10. The molecule has 0 aromatic heterocycles. The van der Waals surface area contributed by atoms with Crippen LogP contribution in [0.4, 0.5) is 0 Å². The Morgan fingerprint density at radius 2 is 2.04 bits per heavy atom. The zero-order chi connectivity index (χ0) is 16.4. The zero-order valence-corrected chi connectivity index (χ0v) is 15.6. The first-order chi connectivity index (χ1) is 11.0. The van der Waals surface area contributed by atoms with Gasteiger partial charge in [0.25, 0.3) is 0 Å². The highest BCUT2D eigenvalue weighted by Crippen LogP contribution is 2.25. The van der Waals surface area contributed by atoms with Gasteiger partial charge in [0.05, 0.1) is 10.6 Å². The van der Waals surface area contributed by atoms with Crippen LogP contribution in [0.1, 0.15) is 30.4 Å². The summed E-state index contributed by atoms with van der Waals surface area (Å²) in [5, 5.41) is 3.22. The van der Waals surface area contributed by atoms with E-state index in [2.05, 4.69) is 5.32 Å². The van der Waals surface area contributed by atoms with Gasteiger partial charge in [0, 0.05) is 26.1 Å². The molecule has 5 nitrogen and oxygen atoms in total. The first-order valence-corrected chi connectivity index (χ1v) is 9.93. The first kappa shape index (κ1) is 19.2. The highest BCUT2D eigenvalue weighted by molar-refractivity contribution is 7.91. The fraction of sp³-hybridized carbons (Fsp3) is 0.588. The van der Waals surface area contributed by atoms with Gasteiger partial charge in [-0.3, -0.25) is 4.79 Å². The van der Waals surface area contributed by atoms with Gasteiger partial charge in [0.15, 0.2) is 9.84 Å². The van der Waals surface area contributed by atoms with Crippen LogP contribution < -0.4 is 5.32 Å². The quantitative estimate of drug-likeness (QED) is 0.852. The fourth-order valence-corrected chi connectivity index (χ4v) is 4.71. The molecule has 3 rings (SSSR count). The summed E-state index contributed by atoms with van der Waals surface area (Å²) < 4.78 is 25.0. The summed E-state index contributed by atoms with van der Waals surface area (Å²) in [6.45, 7) is 1.70. The van der Waals surface area contributed by atoms with Gasteiger partial charge in [0.2, 0.25) is 5.91 Å².